The van der Waals surface area contributed by atoms with Crippen molar-refractivity contribution in [3.63, 3.8) is 0 Å². The summed E-state index contributed by atoms with van der Waals surface area (Å²) in [6.45, 7) is 0.219. The Morgan fingerprint density at radius 1 is 1.23 bits per heavy atom. The highest BCUT2D eigenvalue weighted by Crippen LogP contribution is 2.42. The Morgan fingerprint density at radius 3 is 2.46 bits per heavy atom. The summed E-state index contributed by atoms with van der Waals surface area (Å²) in [5.74, 6) is 0.534. The normalized spacial score (nSPS) is 20.7. The highest BCUT2D eigenvalue weighted by Gasteiger charge is 2.50. The van der Waals surface area contributed by atoms with Crippen molar-refractivity contribution in [2.45, 2.75) is 17.7 Å². The van der Waals surface area contributed by atoms with Gasteiger partial charge in [-0.15, -0.1) is 0 Å². The number of aliphatic hydroxyl groups is 1. The molecule has 2 atom stereocenters. The average Bonchev–Trinajstić information content (AvgIpc) is 2.64. The van der Waals surface area contributed by atoms with Crippen LogP contribution in [0, 0.1) is 11.3 Å². The largest absolute Gasteiger partial charge is 0.479 e. The van der Waals surface area contributed by atoms with E-state index in [1.54, 1.807) is 35.2 Å². The summed E-state index contributed by atoms with van der Waals surface area (Å²) >= 11 is 0. The van der Waals surface area contributed by atoms with Crippen LogP contribution >= 0.6 is 0 Å². The van der Waals surface area contributed by atoms with E-state index < -0.39 is 17.7 Å². The van der Waals surface area contributed by atoms with Gasteiger partial charge in [0.05, 0.1) is 30.9 Å². The van der Waals surface area contributed by atoms with Gasteiger partial charge < -0.3 is 23.9 Å². The maximum Gasteiger partial charge on any atom is 0.183 e. The fraction of sp³-hybridized carbons (Fsp3) is 0.368. The third kappa shape index (κ3) is 3.10. The van der Waals surface area contributed by atoms with Gasteiger partial charge in [0, 0.05) is 44.3 Å². The van der Waals surface area contributed by atoms with Crippen LogP contribution in [-0.2, 0) is 9.47 Å². The second kappa shape index (κ2) is 7.30. The van der Waals surface area contributed by atoms with Gasteiger partial charge in [0.2, 0.25) is 0 Å². The van der Waals surface area contributed by atoms with Gasteiger partial charge in [-0.05, 0) is 18.2 Å². The van der Waals surface area contributed by atoms with Crippen molar-refractivity contribution in [3.05, 3.63) is 64.1 Å². The van der Waals surface area contributed by atoms with Gasteiger partial charge in [-0.3, -0.25) is 4.79 Å². The molecule has 26 heavy (non-hydrogen) atoms. The molecule has 0 saturated carbocycles. The number of nitrogens with zero attached hydrogens (tertiary/aromatic N) is 2. The standard InChI is InChI=1S/C19H20N2O5/c1-24-11-19(12-25-2)18(23)17(21-7-5-14(22)6-8-21)15-9-13(10-20)3-4-16(15)26-19/h3-9,17-18,23H,11-12H2,1-2H3/t17-,18+/m1/s1. The molecule has 0 spiro atoms. The number of nitriles is 1. The van der Waals surface area contributed by atoms with Crippen molar-refractivity contribution in [3.8, 4) is 11.8 Å². The molecular weight excluding hydrogens is 336 g/mol. The molecule has 1 aromatic carbocycles. The smallest absolute Gasteiger partial charge is 0.183 e. The Kier molecular flexibility index (Phi) is 5.09. The lowest BCUT2D eigenvalue weighted by molar-refractivity contribution is -0.148. The van der Waals surface area contributed by atoms with E-state index in [1.165, 1.54) is 26.4 Å². The lowest BCUT2D eigenvalue weighted by atomic mass is 9.84. The number of aliphatic hydroxyl groups excluding tert-OH is 1. The molecule has 7 heteroatoms. The molecule has 1 aliphatic heterocycles. The maximum absolute atomic E-state index is 11.5. The van der Waals surface area contributed by atoms with Crippen LogP contribution in [0.15, 0.2) is 47.5 Å². The molecular formula is C19H20N2O5. The van der Waals surface area contributed by atoms with Crippen molar-refractivity contribution in [2.75, 3.05) is 27.4 Å². The lowest BCUT2D eigenvalue weighted by Gasteiger charge is -2.46. The first-order valence-corrected chi connectivity index (χ1v) is 8.11. The van der Waals surface area contributed by atoms with Crippen LogP contribution in [-0.4, -0.2) is 48.8 Å². The first kappa shape index (κ1) is 18.1. The molecule has 0 fully saturated rings. The first-order chi connectivity index (χ1) is 12.5. The number of benzene rings is 1. The van der Waals surface area contributed by atoms with E-state index in [1.807, 2.05) is 0 Å². The zero-order chi connectivity index (χ0) is 18.7. The van der Waals surface area contributed by atoms with Crippen molar-refractivity contribution < 1.29 is 19.3 Å². The molecule has 2 aromatic rings. The monoisotopic (exact) mass is 356 g/mol. The van der Waals surface area contributed by atoms with E-state index >= 15 is 0 Å². The Hall–Kier alpha value is -2.66. The summed E-state index contributed by atoms with van der Waals surface area (Å²) in [7, 11) is 3.05. The summed E-state index contributed by atoms with van der Waals surface area (Å²) in [5.41, 5.74) is -0.146. The second-order valence-corrected chi connectivity index (χ2v) is 6.27. The van der Waals surface area contributed by atoms with Crippen LogP contribution < -0.4 is 10.2 Å². The molecule has 0 radical (unpaired) electrons. The van der Waals surface area contributed by atoms with E-state index in [-0.39, 0.29) is 18.6 Å². The van der Waals surface area contributed by atoms with Gasteiger partial charge in [0.15, 0.2) is 11.0 Å². The summed E-state index contributed by atoms with van der Waals surface area (Å²) in [6, 6.07) is 9.41. The number of ether oxygens (including phenoxy) is 3. The number of rotatable bonds is 5. The Morgan fingerprint density at radius 2 is 1.88 bits per heavy atom. The predicted octanol–water partition coefficient (Wildman–Crippen LogP) is 1.09. The Balaban J connectivity index is 2.19. The van der Waals surface area contributed by atoms with Crippen molar-refractivity contribution in [1.82, 2.24) is 4.57 Å². The van der Waals surface area contributed by atoms with Crippen LogP contribution in [0.3, 0.4) is 0 Å². The summed E-state index contributed by atoms with van der Waals surface area (Å²) < 4.78 is 18.4. The minimum absolute atomic E-state index is 0.109. The van der Waals surface area contributed by atoms with Gasteiger partial charge in [0.1, 0.15) is 11.9 Å². The second-order valence-electron chi connectivity index (χ2n) is 6.27. The molecule has 0 saturated heterocycles. The SMILES string of the molecule is COCC1(COC)Oc2ccc(C#N)cc2[C@@H](n2ccc(=O)cc2)[C@@H]1O. The van der Waals surface area contributed by atoms with E-state index in [0.717, 1.165) is 0 Å². The predicted molar refractivity (Wildman–Crippen MR) is 93.1 cm³/mol. The van der Waals surface area contributed by atoms with Crippen molar-refractivity contribution >= 4 is 0 Å². The van der Waals surface area contributed by atoms with Crippen LogP contribution in [0.1, 0.15) is 17.2 Å². The minimum Gasteiger partial charge on any atom is -0.479 e. The zero-order valence-electron chi connectivity index (χ0n) is 14.6. The van der Waals surface area contributed by atoms with Crippen LogP contribution in [0.5, 0.6) is 5.75 Å². The van der Waals surface area contributed by atoms with Gasteiger partial charge in [-0.1, -0.05) is 0 Å². The molecule has 0 unspecified atom stereocenters. The average molecular weight is 356 g/mol. The highest BCUT2D eigenvalue weighted by atomic mass is 16.6. The molecule has 3 rings (SSSR count). The molecule has 136 valence electrons. The zero-order valence-corrected chi connectivity index (χ0v) is 14.6. The minimum atomic E-state index is -1.13. The molecule has 1 aliphatic rings. The molecule has 0 bridgehead atoms. The van der Waals surface area contributed by atoms with E-state index in [0.29, 0.717) is 16.9 Å². The maximum atomic E-state index is 11.5. The number of fused-ring (bicyclic) bond motifs is 1. The van der Waals surface area contributed by atoms with Crippen LogP contribution in [0.2, 0.25) is 0 Å². The first-order valence-electron chi connectivity index (χ1n) is 8.11. The summed E-state index contributed by atoms with van der Waals surface area (Å²) in [6.07, 6.45) is 2.18. The topological polar surface area (TPSA) is 93.7 Å². The quantitative estimate of drug-likeness (QED) is 0.862. The molecule has 7 nitrogen and oxygen atoms in total. The van der Waals surface area contributed by atoms with E-state index in [2.05, 4.69) is 6.07 Å². The third-order valence-corrected chi connectivity index (χ3v) is 4.53. The Bertz CT molecular complexity index is 860. The number of hydrogen-bond donors (Lipinski definition) is 1. The van der Waals surface area contributed by atoms with Gasteiger partial charge >= 0.3 is 0 Å². The van der Waals surface area contributed by atoms with E-state index in [9.17, 15) is 15.2 Å². The number of methoxy groups -OCH3 is 2. The van der Waals surface area contributed by atoms with Gasteiger partial charge in [0.25, 0.3) is 0 Å². The number of hydrogen-bond acceptors (Lipinski definition) is 6. The molecule has 1 N–H and O–H groups in total. The fourth-order valence-corrected chi connectivity index (χ4v) is 3.37. The van der Waals surface area contributed by atoms with Gasteiger partial charge in [-0.25, -0.2) is 0 Å². The number of pyridine rings is 1. The fourth-order valence-electron chi connectivity index (χ4n) is 3.37. The third-order valence-electron chi connectivity index (χ3n) is 4.53. The molecule has 0 aliphatic carbocycles. The molecule has 0 amide bonds. The van der Waals surface area contributed by atoms with Crippen molar-refractivity contribution in [1.29, 1.82) is 5.26 Å². The van der Waals surface area contributed by atoms with Crippen LogP contribution in [0.4, 0.5) is 0 Å². The number of aromatic nitrogens is 1. The highest BCUT2D eigenvalue weighted by molar-refractivity contribution is 5.47. The lowest BCUT2D eigenvalue weighted by Crippen LogP contribution is -2.60. The van der Waals surface area contributed by atoms with E-state index in [4.69, 9.17) is 14.2 Å². The van der Waals surface area contributed by atoms with Crippen LogP contribution in [0.25, 0.3) is 0 Å². The molecule has 2 heterocycles. The summed E-state index contributed by atoms with van der Waals surface area (Å²) in [5, 5.41) is 20.4. The van der Waals surface area contributed by atoms with Gasteiger partial charge in [-0.2, -0.15) is 5.26 Å². The Labute approximate surface area is 151 Å². The van der Waals surface area contributed by atoms with Crippen molar-refractivity contribution in [2.24, 2.45) is 0 Å². The summed E-state index contributed by atoms with van der Waals surface area (Å²) in [4.78, 5) is 11.5. The molecule has 1 aromatic heterocycles.